The Hall–Kier alpha value is -1.77. The van der Waals surface area contributed by atoms with Gasteiger partial charge >= 0.3 is 5.97 Å². The minimum Gasteiger partial charge on any atom is -0.513 e. The summed E-state index contributed by atoms with van der Waals surface area (Å²) in [5, 5.41) is 8.78. The predicted octanol–water partition coefficient (Wildman–Crippen LogP) is 2.58. The average Bonchev–Trinajstić information content (AvgIpc) is 2.25. The van der Waals surface area contributed by atoms with Crippen molar-refractivity contribution in [3.05, 3.63) is 48.2 Å². The van der Waals surface area contributed by atoms with E-state index in [0.29, 0.717) is 0 Å². The van der Waals surface area contributed by atoms with Crippen LogP contribution in [0.1, 0.15) is 18.4 Å². The van der Waals surface area contributed by atoms with Crippen LogP contribution < -0.4 is 0 Å². The van der Waals surface area contributed by atoms with Crippen LogP contribution in [-0.2, 0) is 16.1 Å². The number of aliphatic hydroxyl groups excluding tert-OH is 1. The number of benzene rings is 1. The summed E-state index contributed by atoms with van der Waals surface area (Å²) in [6.07, 6.45) is 0.426. The number of carbonyl (C=O) groups excluding carboxylic acids is 1. The fourth-order valence-corrected chi connectivity index (χ4v) is 1.06. The van der Waals surface area contributed by atoms with Crippen LogP contribution in [0.3, 0.4) is 0 Å². The van der Waals surface area contributed by atoms with Crippen molar-refractivity contribution >= 4 is 5.97 Å². The molecule has 0 amide bonds. The Morgan fingerprint density at radius 3 is 2.53 bits per heavy atom. The van der Waals surface area contributed by atoms with Crippen LogP contribution >= 0.6 is 0 Å². The fraction of sp³-hybridized carbons (Fsp3) is 0.250. The Morgan fingerprint density at radius 2 is 1.93 bits per heavy atom. The second-order valence-electron chi connectivity index (χ2n) is 3.21. The van der Waals surface area contributed by atoms with Crippen LogP contribution in [0, 0.1) is 0 Å². The number of carbonyl (C=O) groups is 1. The van der Waals surface area contributed by atoms with E-state index in [1.165, 1.54) is 0 Å². The van der Waals surface area contributed by atoms with Crippen molar-refractivity contribution in [3.63, 3.8) is 0 Å². The lowest BCUT2D eigenvalue weighted by atomic mass is 10.2. The molecule has 0 unspecified atom stereocenters. The van der Waals surface area contributed by atoms with Crippen molar-refractivity contribution in [2.24, 2.45) is 0 Å². The SMILES string of the molecule is C=C(O)CCC(=O)OCc1ccccc1. The molecule has 1 N–H and O–H groups in total. The molecule has 1 rings (SSSR count). The number of hydrogen-bond acceptors (Lipinski definition) is 3. The minimum atomic E-state index is -0.325. The van der Waals surface area contributed by atoms with Gasteiger partial charge in [-0.25, -0.2) is 0 Å². The molecule has 3 nitrogen and oxygen atoms in total. The molecule has 0 saturated heterocycles. The van der Waals surface area contributed by atoms with Crippen molar-refractivity contribution in [1.29, 1.82) is 0 Å². The van der Waals surface area contributed by atoms with Gasteiger partial charge in [0.2, 0.25) is 0 Å². The molecular formula is C12H14O3. The second kappa shape index (κ2) is 5.86. The van der Waals surface area contributed by atoms with E-state index in [9.17, 15) is 4.79 Å². The van der Waals surface area contributed by atoms with Crippen LogP contribution in [0.2, 0.25) is 0 Å². The van der Waals surface area contributed by atoms with Crippen LogP contribution in [-0.4, -0.2) is 11.1 Å². The van der Waals surface area contributed by atoms with E-state index in [1.807, 2.05) is 30.3 Å². The highest BCUT2D eigenvalue weighted by Crippen LogP contribution is 2.04. The number of rotatable bonds is 5. The highest BCUT2D eigenvalue weighted by atomic mass is 16.5. The van der Waals surface area contributed by atoms with E-state index < -0.39 is 0 Å². The monoisotopic (exact) mass is 206 g/mol. The van der Waals surface area contributed by atoms with Gasteiger partial charge in [0.1, 0.15) is 6.61 Å². The lowest BCUT2D eigenvalue weighted by Gasteiger charge is -2.04. The second-order valence-corrected chi connectivity index (χ2v) is 3.21. The molecule has 0 saturated carbocycles. The predicted molar refractivity (Wildman–Crippen MR) is 57.2 cm³/mol. The normalized spacial score (nSPS) is 9.60. The standard InChI is InChI=1S/C12H14O3/c1-10(13)7-8-12(14)15-9-11-5-3-2-4-6-11/h2-6,13H,1,7-9H2. The molecule has 0 aliphatic carbocycles. The Morgan fingerprint density at radius 1 is 1.27 bits per heavy atom. The van der Waals surface area contributed by atoms with Crippen molar-refractivity contribution in [3.8, 4) is 0 Å². The molecule has 3 heteroatoms. The molecule has 0 atom stereocenters. The topological polar surface area (TPSA) is 46.5 Å². The largest absolute Gasteiger partial charge is 0.513 e. The van der Waals surface area contributed by atoms with Crippen LogP contribution in [0.25, 0.3) is 0 Å². The maximum absolute atomic E-state index is 11.1. The maximum Gasteiger partial charge on any atom is 0.306 e. The van der Waals surface area contributed by atoms with Gasteiger partial charge in [-0.3, -0.25) is 4.79 Å². The lowest BCUT2D eigenvalue weighted by Crippen LogP contribution is -2.04. The number of aliphatic hydroxyl groups is 1. The van der Waals surface area contributed by atoms with E-state index in [-0.39, 0.29) is 31.2 Å². The van der Waals surface area contributed by atoms with Crippen molar-refractivity contribution in [2.75, 3.05) is 0 Å². The molecule has 0 aromatic heterocycles. The molecule has 0 radical (unpaired) electrons. The zero-order valence-electron chi connectivity index (χ0n) is 8.48. The molecule has 0 aliphatic rings. The van der Waals surface area contributed by atoms with Gasteiger partial charge in [0.05, 0.1) is 12.2 Å². The molecule has 0 fully saturated rings. The Labute approximate surface area is 89.0 Å². The van der Waals surface area contributed by atoms with Gasteiger partial charge in [0.15, 0.2) is 0 Å². The van der Waals surface area contributed by atoms with E-state index in [1.54, 1.807) is 0 Å². The van der Waals surface area contributed by atoms with Gasteiger partial charge in [-0.1, -0.05) is 36.9 Å². The number of hydrogen-bond donors (Lipinski definition) is 1. The summed E-state index contributed by atoms with van der Waals surface area (Å²) in [4.78, 5) is 11.1. The van der Waals surface area contributed by atoms with Gasteiger partial charge in [-0.2, -0.15) is 0 Å². The number of esters is 1. The van der Waals surface area contributed by atoms with E-state index in [2.05, 4.69) is 6.58 Å². The molecule has 0 bridgehead atoms. The molecule has 1 aromatic carbocycles. The summed E-state index contributed by atoms with van der Waals surface area (Å²) in [6, 6.07) is 9.45. The smallest absolute Gasteiger partial charge is 0.306 e. The van der Waals surface area contributed by atoms with Gasteiger partial charge in [0, 0.05) is 6.42 Å². The Kier molecular flexibility index (Phi) is 4.41. The first-order valence-electron chi connectivity index (χ1n) is 4.75. The van der Waals surface area contributed by atoms with Crippen molar-refractivity contribution in [2.45, 2.75) is 19.4 Å². The van der Waals surface area contributed by atoms with Crippen molar-refractivity contribution in [1.82, 2.24) is 0 Å². The summed E-state index contributed by atoms with van der Waals surface area (Å²) < 4.78 is 4.99. The summed E-state index contributed by atoms with van der Waals surface area (Å²) in [6.45, 7) is 3.57. The molecule has 0 aliphatic heterocycles. The molecule has 0 heterocycles. The zero-order chi connectivity index (χ0) is 11.1. The van der Waals surface area contributed by atoms with Gasteiger partial charge in [-0.15, -0.1) is 0 Å². The third kappa shape index (κ3) is 4.86. The first-order chi connectivity index (χ1) is 7.18. The minimum absolute atomic E-state index is 0.00617. The molecule has 1 aromatic rings. The number of ether oxygens (including phenoxy) is 1. The Bertz CT molecular complexity index is 330. The Balaban J connectivity index is 2.26. The third-order valence-corrected chi connectivity index (χ3v) is 1.86. The first-order valence-corrected chi connectivity index (χ1v) is 4.75. The molecule has 15 heavy (non-hydrogen) atoms. The highest BCUT2D eigenvalue weighted by Gasteiger charge is 2.03. The molecular weight excluding hydrogens is 192 g/mol. The quantitative estimate of drug-likeness (QED) is 0.595. The molecule has 0 spiro atoms. The zero-order valence-corrected chi connectivity index (χ0v) is 8.48. The fourth-order valence-electron chi connectivity index (χ4n) is 1.06. The van der Waals surface area contributed by atoms with Gasteiger partial charge in [0.25, 0.3) is 0 Å². The summed E-state index contributed by atoms with van der Waals surface area (Å²) in [5.41, 5.74) is 0.952. The van der Waals surface area contributed by atoms with Crippen LogP contribution in [0.15, 0.2) is 42.7 Å². The van der Waals surface area contributed by atoms with Gasteiger partial charge in [-0.05, 0) is 5.56 Å². The van der Waals surface area contributed by atoms with E-state index >= 15 is 0 Å². The van der Waals surface area contributed by atoms with E-state index in [4.69, 9.17) is 9.84 Å². The third-order valence-electron chi connectivity index (χ3n) is 1.86. The lowest BCUT2D eigenvalue weighted by molar-refractivity contribution is -0.145. The number of allylic oxidation sites excluding steroid dienone is 1. The average molecular weight is 206 g/mol. The highest BCUT2D eigenvalue weighted by molar-refractivity contribution is 5.69. The summed E-state index contributed by atoms with van der Waals surface area (Å²) >= 11 is 0. The van der Waals surface area contributed by atoms with Crippen LogP contribution in [0.4, 0.5) is 0 Å². The first kappa shape index (κ1) is 11.3. The van der Waals surface area contributed by atoms with Crippen LogP contribution in [0.5, 0.6) is 0 Å². The maximum atomic E-state index is 11.1. The summed E-state index contributed by atoms with van der Waals surface area (Å²) in [5.74, 6) is -0.319. The van der Waals surface area contributed by atoms with Crippen molar-refractivity contribution < 1.29 is 14.6 Å². The molecule has 80 valence electrons. The summed E-state index contributed by atoms with van der Waals surface area (Å²) in [7, 11) is 0. The van der Waals surface area contributed by atoms with E-state index in [0.717, 1.165) is 5.56 Å². The van der Waals surface area contributed by atoms with Gasteiger partial charge < -0.3 is 9.84 Å².